The lowest BCUT2D eigenvalue weighted by Crippen LogP contribution is -1.68. The Kier molecular flexibility index (Phi) is 3.15. The van der Waals surface area contributed by atoms with Gasteiger partial charge in [-0.2, -0.15) is 0 Å². The second kappa shape index (κ2) is 4.17. The molecule has 0 N–H and O–H groups in total. The van der Waals surface area contributed by atoms with Crippen molar-refractivity contribution < 1.29 is 0 Å². The molecule has 0 spiro atoms. The van der Waals surface area contributed by atoms with Crippen LogP contribution in [0.25, 0.3) is 0 Å². The summed E-state index contributed by atoms with van der Waals surface area (Å²) in [6.45, 7) is 5.91. The fourth-order valence-corrected chi connectivity index (χ4v) is 1.15. The molecular formula is C11H16. The summed E-state index contributed by atoms with van der Waals surface area (Å²) in [5, 5.41) is 0. The molecule has 1 rings (SSSR count). The van der Waals surface area contributed by atoms with Gasteiger partial charge in [0.2, 0.25) is 0 Å². The molecule has 0 saturated heterocycles. The molecular weight excluding hydrogens is 132 g/mol. The summed E-state index contributed by atoms with van der Waals surface area (Å²) in [4.78, 5) is 0. The zero-order valence-electron chi connectivity index (χ0n) is 7.16. The highest BCUT2D eigenvalue weighted by atomic mass is 14.3. The number of hydrogen-bond acceptors (Lipinski definition) is 0. The van der Waals surface area contributed by atoms with Crippen molar-refractivity contribution in [2.45, 2.75) is 19.8 Å². The minimum absolute atomic E-state index is 0.765. The predicted molar refractivity (Wildman–Crippen MR) is 50.4 cm³/mol. The van der Waals surface area contributed by atoms with Crippen molar-refractivity contribution in [2.75, 3.05) is 0 Å². The van der Waals surface area contributed by atoms with Gasteiger partial charge >= 0.3 is 0 Å². The molecule has 0 aromatic carbocycles. The van der Waals surface area contributed by atoms with Crippen molar-refractivity contribution >= 4 is 0 Å². The van der Waals surface area contributed by atoms with Crippen molar-refractivity contribution in [3.05, 3.63) is 37.0 Å². The average Bonchev–Trinajstić information content (AvgIpc) is 2.77. The summed E-state index contributed by atoms with van der Waals surface area (Å²) in [5.74, 6) is 1.55. The minimum Gasteiger partial charge on any atom is -0.103 e. The van der Waals surface area contributed by atoms with Gasteiger partial charge in [-0.1, -0.05) is 37.3 Å². The molecule has 1 fully saturated rings. The Morgan fingerprint density at radius 1 is 1.36 bits per heavy atom. The lowest BCUT2D eigenvalue weighted by atomic mass is 10.3. The van der Waals surface area contributed by atoms with Crippen LogP contribution in [0.4, 0.5) is 0 Å². The summed E-state index contributed by atoms with van der Waals surface area (Å²) < 4.78 is 0. The largest absolute Gasteiger partial charge is 0.103 e. The Bertz CT molecular complexity index is 174. The molecule has 0 nitrogen and oxygen atoms in total. The lowest BCUT2D eigenvalue weighted by Gasteiger charge is -1.80. The molecule has 0 radical (unpaired) electrons. The monoisotopic (exact) mass is 148 g/mol. The second-order valence-electron chi connectivity index (χ2n) is 3.02. The zero-order valence-corrected chi connectivity index (χ0v) is 7.16. The van der Waals surface area contributed by atoms with E-state index in [1.54, 1.807) is 0 Å². The van der Waals surface area contributed by atoms with Crippen LogP contribution >= 0.6 is 0 Å². The first-order chi connectivity index (χ1) is 5.38. The molecule has 1 aliphatic rings. The highest BCUT2D eigenvalue weighted by Crippen LogP contribution is 2.40. The standard InChI is InChI=1S/C11H16/c1-3-5-6-7-8-11-9-10(11)4-2/h4-8,10-11H,2-3,9H2,1H3/b6-5+,8-7+. The Labute approximate surface area is 69.3 Å². The van der Waals surface area contributed by atoms with Crippen molar-refractivity contribution in [1.29, 1.82) is 0 Å². The second-order valence-corrected chi connectivity index (χ2v) is 3.02. The van der Waals surface area contributed by atoms with Gasteiger partial charge in [-0.25, -0.2) is 0 Å². The van der Waals surface area contributed by atoms with Gasteiger partial charge in [-0.15, -0.1) is 6.58 Å². The van der Waals surface area contributed by atoms with Gasteiger partial charge in [0.25, 0.3) is 0 Å². The molecule has 1 saturated carbocycles. The van der Waals surface area contributed by atoms with Crippen molar-refractivity contribution in [2.24, 2.45) is 11.8 Å². The van der Waals surface area contributed by atoms with Gasteiger partial charge in [0, 0.05) is 0 Å². The molecule has 0 bridgehead atoms. The summed E-state index contributed by atoms with van der Waals surface area (Å²) in [6, 6.07) is 0. The Morgan fingerprint density at radius 2 is 2.18 bits per heavy atom. The van der Waals surface area contributed by atoms with E-state index in [4.69, 9.17) is 0 Å². The first-order valence-corrected chi connectivity index (χ1v) is 4.34. The Balaban J connectivity index is 2.17. The molecule has 2 unspecified atom stereocenters. The fraction of sp³-hybridized carbons (Fsp3) is 0.455. The van der Waals surface area contributed by atoms with E-state index in [1.807, 2.05) is 0 Å². The Hall–Kier alpha value is -0.780. The number of allylic oxidation sites excluding steroid dienone is 5. The smallest absolute Gasteiger partial charge is 0.0161 e. The van der Waals surface area contributed by atoms with Crippen LogP contribution in [0.5, 0.6) is 0 Å². The maximum atomic E-state index is 3.77. The van der Waals surface area contributed by atoms with E-state index >= 15 is 0 Å². The molecule has 0 aliphatic heterocycles. The molecule has 0 amide bonds. The van der Waals surface area contributed by atoms with E-state index in [-0.39, 0.29) is 0 Å². The summed E-state index contributed by atoms with van der Waals surface area (Å²) in [7, 11) is 0. The third-order valence-electron chi connectivity index (χ3n) is 2.04. The molecule has 0 heterocycles. The highest BCUT2D eigenvalue weighted by molar-refractivity contribution is 5.13. The summed E-state index contributed by atoms with van der Waals surface area (Å²) in [5.41, 5.74) is 0. The van der Waals surface area contributed by atoms with Gasteiger partial charge in [0.1, 0.15) is 0 Å². The van der Waals surface area contributed by atoms with Gasteiger partial charge in [0.15, 0.2) is 0 Å². The number of hydrogen-bond donors (Lipinski definition) is 0. The van der Waals surface area contributed by atoms with Crippen molar-refractivity contribution in [3.63, 3.8) is 0 Å². The van der Waals surface area contributed by atoms with Gasteiger partial charge < -0.3 is 0 Å². The quantitative estimate of drug-likeness (QED) is 0.424. The van der Waals surface area contributed by atoms with Crippen molar-refractivity contribution in [3.8, 4) is 0 Å². The first-order valence-electron chi connectivity index (χ1n) is 4.34. The van der Waals surface area contributed by atoms with E-state index in [0.717, 1.165) is 18.3 Å². The minimum atomic E-state index is 0.765. The number of rotatable bonds is 4. The van der Waals surface area contributed by atoms with Crippen molar-refractivity contribution in [1.82, 2.24) is 0 Å². The van der Waals surface area contributed by atoms with Crippen LogP contribution in [-0.4, -0.2) is 0 Å². The van der Waals surface area contributed by atoms with Crippen LogP contribution < -0.4 is 0 Å². The van der Waals surface area contributed by atoms with Gasteiger partial charge in [-0.3, -0.25) is 0 Å². The lowest BCUT2D eigenvalue weighted by molar-refractivity contribution is 0.998. The van der Waals surface area contributed by atoms with Crippen LogP contribution in [0.3, 0.4) is 0 Å². The first kappa shape index (κ1) is 8.32. The van der Waals surface area contributed by atoms with Crippen LogP contribution in [0.15, 0.2) is 37.0 Å². The van der Waals surface area contributed by atoms with E-state index in [2.05, 4.69) is 43.9 Å². The fourth-order valence-electron chi connectivity index (χ4n) is 1.15. The SMILES string of the molecule is C=CC1CC1/C=C/C=C/CC. The van der Waals surface area contributed by atoms with Crippen LogP contribution in [0.2, 0.25) is 0 Å². The predicted octanol–water partition coefficient (Wildman–Crippen LogP) is 3.33. The van der Waals surface area contributed by atoms with E-state index in [1.165, 1.54) is 6.42 Å². The topological polar surface area (TPSA) is 0 Å². The summed E-state index contributed by atoms with van der Waals surface area (Å²) in [6.07, 6.45) is 13.2. The molecule has 1 aliphatic carbocycles. The molecule has 11 heavy (non-hydrogen) atoms. The van der Waals surface area contributed by atoms with Crippen LogP contribution in [-0.2, 0) is 0 Å². The third-order valence-corrected chi connectivity index (χ3v) is 2.04. The molecule has 60 valence electrons. The third kappa shape index (κ3) is 2.75. The van der Waals surface area contributed by atoms with Gasteiger partial charge in [0.05, 0.1) is 0 Å². The van der Waals surface area contributed by atoms with Crippen LogP contribution in [0, 0.1) is 11.8 Å². The molecule has 2 atom stereocenters. The normalized spacial score (nSPS) is 29.9. The molecule has 0 aromatic rings. The summed E-state index contributed by atoms with van der Waals surface area (Å²) >= 11 is 0. The average molecular weight is 148 g/mol. The van der Waals surface area contributed by atoms with E-state index in [9.17, 15) is 0 Å². The molecule has 0 aromatic heterocycles. The maximum Gasteiger partial charge on any atom is -0.0161 e. The van der Waals surface area contributed by atoms with Crippen LogP contribution in [0.1, 0.15) is 19.8 Å². The zero-order chi connectivity index (χ0) is 8.10. The van der Waals surface area contributed by atoms with Gasteiger partial charge in [-0.05, 0) is 24.7 Å². The highest BCUT2D eigenvalue weighted by Gasteiger charge is 2.30. The molecule has 0 heteroatoms. The Morgan fingerprint density at radius 3 is 2.73 bits per heavy atom. The van der Waals surface area contributed by atoms with E-state index < -0.39 is 0 Å². The maximum absolute atomic E-state index is 3.77. The van der Waals surface area contributed by atoms with E-state index in [0.29, 0.717) is 0 Å².